The van der Waals surface area contributed by atoms with Crippen molar-refractivity contribution in [3.63, 3.8) is 0 Å². The third-order valence-electron chi connectivity index (χ3n) is 2.66. The Hall–Kier alpha value is -1.42. The van der Waals surface area contributed by atoms with Gasteiger partial charge in [-0.3, -0.25) is 9.36 Å². The predicted octanol–water partition coefficient (Wildman–Crippen LogP) is 3.60. The molecule has 0 aliphatic heterocycles. The van der Waals surface area contributed by atoms with Crippen LogP contribution >= 0.6 is 12.2 Å². The van der Waals surface area contributed by atoms with Crippen LogP contribution in [0.1, 0.15) is 33.6 Å². The molecule has 0 atom stereocenters. The van der Waals surface area contributed by atoms with Crippen molar-refractivity contribution in [2.75, 3.05) is 0 Å². The highest BCUT2D eigenvalue weighted by atomic mass is 32.1. The minimum absolute atomic E-state index is 0.0629. The number of nitrogens with one attached hydrogen (secondary N) is 1. The summed E-state index contributed by atoms with van der Waals surface area (Å²) in [4.78, 5) is 14.5. The molecule has 1 aromatic heterocycles. The minimum Gasteiger partial charge on any atom is -0.339 e. The molecule has 0 aliphatic rings. The van der Waals surface area contributed by atoms with E-state index < -0.39 is 0 Å². The first-order valence-corrected chi connectivity index (χ1v) is 6.49. The van der Waals surface area contributed by atoms with Crippen LogP contribution in [0.3, 0.4) is 0 Å². The summed E-state index contributed by atoms with van der Waals surface area (Å²) in [7, 11) is 0. The van der Waals surface area contributed by atoms with E-state index in [1.165, 1.54) is 17.2 Å². The summed E-state index contributed by atoms with van der Waals surface area (Å²) in [6.45, 7) is 6.82. The van der Waals surface area contributed by atoms with E-state index >= 15 is 0 Å². The van der Waals surface area contributed by atoms with E-state index in [0.717, 1.165) is 12.8 Å². The van der Waals surface area contributed by atoms with Gasteiger partial charge in [0.05, 0.1) is 0 Å². The fraction of sp³-hybridized carbons (Fsp3) is 0.429. The van der Waals surface area contributed by atoms with Crippen LogP contribution in [0.5, 0.6) is 0 Å². The first-order valence-electron chi connectivity index (χ1n) is 6.08. The van der Waals surface area contributed by atoms with Crippen molar-refractivity contribution in [2.24, 2.45) is 0 Å². The first kappa shape index (κ1) is 14.6. The molecule has 0 unspecified atom stereocenters. The molecule has 0 saturated carbocycles. The number of H-pyrrole nitrogens is 1. The van der Waals surface area contributed by atoms with Gasteiger partial charge in [0.15, 0.2) is 4.77 Å². The zero-order valence-corrected chi connectivity index (χ0v) is 12.0. The molecule has 0 fully saturated rings. The fourth-order valence-electron chi connectivity index (χ4n) is 1.56. The molecule has 98 valence electrons. The Morgan fingerprint density at radius 3 is 2.72 bits per heavy atom. The molecule has 0 amide bonds. The number of hydrogen-bond acceptors (Lipinski definition) is 2. The maximum Gasteiger partial charge on any atom is 0.254 e. The molecule has 0 bridgehead atoms. The summed E-state index contributed by atoms with van der Waals surface area (Å²) in [5.74, 6) is 0. The second-order valence-electron chi connectivity index (χ2n) is 4.60. The molecule has 1 rings (SSSR count). The average molecular weight is 264 g/mol. The topological polar surface area (TPSA) is 37.8 Å². The third kappa shape index (κ3) is 4.84. The zero-order valence-electron chi connectivity index (χ0n) is 11.2. The largest absolute Gasteiger partial charge is 0.339 e. The van der Waals surface area contributed by atoms with Crippen LogP contribution in [0.15, 0.2) is 40.4 Å². The molecule has 1 heterocycles. The number of aromatic amines is 1. The quantitative estimate of drug-likeness (QED) is 0.652. The van der Waals surface area contributed by atoms with Crippen LogP contribution in [0.4, 0.5) is 0 Å². The summed E-state index contributed by atoms with van der Waals surface area (Å²) >= 11 is 5.08. The van der Waals surface area contributed by atoms with E-state index in [1.807, 2.05) is 0 Å². The lowest BCUT2D eigenvalue weighted by atomic mass is 10.1. The maximum atomic E-state index is 11.6. The van der Waals surface area contributed by atoms with Gasteiger partial charge in [0.2, 0.25) is 0 Å². The van der Waals surface area contributed by atoms with E-state index in [-0.39, 0.29) is 5.56 Å². The minimum atomic E-state index is -0.0629. The molecule has 4 heteroatoms. The molecular formula is C14H20N2OS. The standard InChI is InChI=1S/C14H20N2OS/c1-11(2)5-4-6-12(3)8-10-16-13(17)7-9-15-14(16)18/h5,7-9H,4,6,10H2,1-3H3,(H,15,18)/b12-8+. The summed E-state index contributed by atoms with van der Waals surface area (Å²) in [5.41, 5.74) is 2.55. The average Bonchev–Trinajstić information content (AvgIpc) is 2.27. The van der Waals surface area contributed by atoms with Gasteiger partial charge in [-0.15, -0.1) is 0 Å². The molecule has 3 nitrogen and oxygen atoms in total. The Morgan fingerprint density at radius 2 is 2.11 bits per heavy atom. The molecule has 0 saturated heterocycles. The summed E-state index contributed by atoms with van der Waals surface area (Å²) in [6, 6.07) is 1.49. The second kappa shape index (κ2) is 7.11. The van der Waals surface area contributed by atoms with Gasteiger partial charge in [0.1, 0.15) is 0 Å². The van der Waals surface area contributed by atoms with Crippen molar-refractivity contribution >= 4 is 12.2 Å². The summed E-state index contributed by atoms with van der Waals surface area (Å²) in [6.07, 6.45) is 7.92. The number of nitrogens with zero attached hydrogens (tertiary/aromatic N) is 1. The van der Waals surface area contributed by atoms with Crippen molar-refractivity contribution in [1.29, 1.82) is 0 Å². The van der Waals surface area contributed by atoms with Gasteiger partial charge in [-0.05, 0) is 45.8 Å². The number of hydrogen-bond donors (Lipinski definition) is 1. The lowest BCUT2D eigenvalue weighted by molar-refractivity contribution is 0.730. The Kier molecular flexibility index (Phi) is 5.78. The van der Waals surface area contributed by atoms with E-state index in [4.69, 9.17) is 12.2 Å². The summed E-state index contributed by atoms with van der Waals surface area (Å²) < 4.78 is 2.02. The van der Waals surface area contributed by atoms with E-state index in [1.54, 1.807) is 10.8 Å². The van der Waals surface area contributed by atoms with E-state index in [2.05, 4.69) is 37.9 Å². The van der Waals surface area contributed by atoms with Crippen molar-refractivity contribution in [3.8, 4) is 0 Å². The lowest BCUT2D eigenvalue weighted by Gasteiger charge is -2.03. The first-order chi connectivity index (χ1) is 8.50. The van der Waals surface area contributed by atoms with Crippen LogP contribution in [-0.2, 0) is 6.54 Å². The smallest absolute Gasteiger partial charge is 0.254 e. The van der Waals surface area contributed by atoms with Gasteiger partial charge in [-0.2, -0.15) is 0 Å². The Labute approximate surface area is 113 Å². The zero-order chi connectivity index (χ0) is 13.5. The Bertz CT molecular complexity index is 531. The van der Waals surface area contributed by atoms with Gasteiger partial charge < -0.3 is 4.98 Å². The predicted molar refractivity (Wildman–Crippen MR) is 78.3 cm³/mol. The molecular weight excluding hydrogens is 244 g/mol. The SMILES string of the molecule is CC(C)=CCC/C(C)=C/Cn1c(=O)cc[nH]c1=S. The van der Waals surface area contributed by atoms with Gasteiger partial charge in [0, 0.05) is 18.8 Å². The normalized spacial score (nSPS) is 11.4. The maximum absolute atomic E-state index is 11.6. The molecule has 1 aromatic rings. The van der Waals surface area contributed by atoms with Gasteiger partial charge in [-0.25, -0.2) is 0 Å². The molecule has 0 spiro atoms. The highest BCUT2D eigenvalue weighted by Gasteiger charge is 1.95. The highest BCUT2D eigenvalue weighted by molar-refractivity contribution is 7.71. The van der Waals surface area contributed by atoms with Gasteiger partial charge in [0.25, 0.3) is 5.56 Å². The van der Waals surface area contributed by atoms with Gasteiger partial charge >= 0.3 is 0 Å². The third-order valence-corrected chi connectivity index (χ3v) is 3.00. The second-order valence-corrected chi connectivity index (χ2v) is 4.99. The van der Waals surface area contributed by atoms with Crippen molar-refractivity contribution < 1.29 is 0 Å². The molecule has 0 aliphatic carbocycles. The van der Waals surface area contributed by atoms with Crippen LogP contribution in [0, 0.1) is 4.77 Å². The fourth-order valence-corrected chi connectivity index (χ4v) is 1.80. The molecule has 18 heavy (non-hydrogen) atoms. The Morgan fingerprint density at radius 1 is 1.39 bits per heavy atom. The molecule has 0 aromatic carbocycles. The monoisotopic (exact) mass is 264 g/mol. The molecule has 1 N–H and O–H groups in total. The number of aromatic nitrogens is 2. The van der Waals surface area contributed by atoms with Crippen LogP contribution in [-0.4, -0.2) is 9.55 Å². The molecule has 0 radical (unpaired) electrons. The van der Waals surface area contributed by atoms with Crippen molar-refractivity contribution in [3.05, 3.63) is 50.7 Å². The summed E-state index contributed by atoms with van der Waals surface area (Å²) in [5, 5.41) is 0. The van der Waals surface area contributed by atoms with E-state index in [0.29, 0.717) is 11.3 Å². The number of rotatable bonds is 5. The highest BCUT2D eigenvalue weighted by Crippen LogP contribution is 2.06. The van der Waals surface area contributed by atoms with Crippen LogP contribution in [0.25, 0.3) is 0 Å². The van der Waals surface area contributed by atoms with Gasteiger partial charge in [-0.1, -0.05) is 23.3 Å². The van der Waals surface area contributed by atoms with E-state index in [9.17, 15) is 4.79 Å². The van der Waals surface area contributed by atoms with Crippen LogP contribution < -0.4 is 5.56 Å². The van der Waals surface area contributed by atoms with Crippen molar-refractivity contribution in [2.45, 2.75) is 40.2 Å². The Balaban J connectivity index is 2.66. The lowest BCUT2D eigenvalue weighted by Crippen LogP contribution is -2.19. The number of allylic oxidation sites excluding steroid dienone is 4. The van der Waals surface area contributed by atoms with Crippen LogP contribution in [0.2, 0.25) is 0 Å². The van der Waals surface area contributed by atoms with Crippen molar-refractivity contribution in [1.82, 2.24) is 9.55 Å².